The third-order valence-corrected chi connectivity index (χ3v) is 1.60. The van der Waals surface area contributed by atoms with Crippen LogP contribution in [0, 0.1) is 6.92 Å². The molecule has 0 fully saturated rings. The molecule has 5 N–H and O–H groups in total. The standard InChI is InChI=1S/C7H14N6.C2H6/c1-4-10-6(12-9)5(8)7(11-4)13(2)3;1-2/h8-9H2,1-3H3,(H,10,11,12);1-2H3. The van der Waals surface area contributed by atoms with E-state index >= 15 is 0 Å². The number of rotatable bonds is 2. The summed E-state index contributed by atoms with van der Waals surface area (Å²) in [5, 5.41) is 0. The van der Waals surface area contributed by atoms with Gasteiger partial charge in [-0.3, -0.25) is 0 Å². The fraction of sp³-hybridized carbons (Fsp3) is 0.556. The molecule has 0 unspecified atom stereocenters. The van der Waals surface area contributed by atoms with Crippen LogP contribution in [0.1, 0.15) is 19.7 Å². The predicted molar refractivity (Wildman–Crippen MR) is 64.7 cm³/mol. The molecule has 1 heterocycles. The monoisotopic (exact) mass is 212 g/mol. The molecule has 0 atom stereocenters. The maximum Gasteiger partial charge on any atom is 0.169 e. The van der Waals surface area contributed by atoms with Gasteiger partial charge in [-0.2, -0.15) is 0 Å². The highest BCUT2D eigenvalue weighted by Crippen LogP contribution is 2.24. The SMILES string of the molecule is CC.Cc1nc(NN)c(N)c(N(C)C)n1. The summed E-state index contributed by atoms with van der Waals surface area (Å²) in [6.07, 6.45) is 0. The third kappa shape index (κ3) is 3.25. The molecule has 1 aromatic rings. The van der Waals surface area contributed by atoms with Gasteiger partial charge in [-0.05, 0) is 6.92 Å². The summed E-state index contributed by atoms with van der Waals surface area (Å²) in [5.41, 5.74) is 8.64. The minimum atomic E-state index is 0.455. The highest BCUT2D eigenvalue weighted by Gasteiger charge is 2.09. The lowest BCUT2D eigenvalue weighted by molar-refractivity contribution is 0.989. The minimum Gasteiger partial charge on any atom is -0.393 e. The maximum absolute atomic E-state index is 5.75. The molecule has 1 rings (SSSR count). The van der Waals surface area contributed by atoms with Gasteiger partial charge < -0.3 is 16.1 Å². The average molecular weight is 212 g/mol. The van der Waals surface area contributed by atoms with Gasteiger partial charge >= 0.3 is 0 Å². The number of nitrogens with two attached hydrogens (primary N) is 2. The molecule has 0 bridgehead atoms. The Morgan fingerprint density at radius 2 is 1.73 bits per heavy atom. The maximum atomic E-state index is 5.75. The second kappa shape index (κ2) is 6.02. The van der Waals surface area contributed by atoms with Crippen molar-refractivity contribution in [2.75, 3.05) is 30.2 Å². The lowest BCUT2D eigenvalue weighted by atomic mass is 10.4. The number of hydrogen-bond acceptors (Lipinski definition) is 6. The molecule has 0 saturated heterocycles. The van der Waals surface area contributed by atoms with Crippen LogP contribution in [0.4, 0.5) is 17.3 Å². The molecule has 0 saturated carbocycles. The molecule has 0 spiro atoms. The zero-order chi connectivity index (χ0) is 12.0. The number of nitrogen functional groups attached to an aromatic ring is 2. The van der Waals surface area contributed by atoms with Crippen molar-refractivity contribution in [1.82, 2.24) is 9.97 Å². The zero-order valence-electron chi connectivity index (χ0n) is 10.00. The Hall–Kier alpha value is -1.56. The summed E-state index contributed by atoms with van der Waals surface area (Å²) in [5.74, 6) is 7.00. The quantitative estimate of drug-likeness (QED) is 0.494. The lowest BCUT2D eigenvalue weighted by Gasteiger charge is -2.16. The Morgan fingerprint density at radius 1 is 1.20 bits per heavy atom. The summed E-state index contributed by atoms with van der Waals surface area (Å²) in [4.78, 5) is 10.0. The first-order valence-electron chi connectivity index (χ1n) is 4.84. The van der Waals surface area contributed by atoms with E-state index in [9.17, 15) is 0 Å². The van der Waals surface area contributed by atoms with Gasteiger partial charge in [0, 0.05) is 14.1 Å². The molecule has 15 heavy (non-hydrogen) atoms. The van der Waals surface area contributed by atoms with E-state index in [2.05, 4.69) is 15.4 Å². The van der Waals surface area contributed by atoms with E-state index in [0.717, 1.165) is 0 Å². The first-order chi connectivity index (χ1) is 7.06. The van der Waals surface area contributed by atoms with Crippen LogP contribution in [-0.2, 0) is 0 Å². The van der Waals surface area contributed by atoms with Crippen molar-refractivity contribution in [2.24, 2.45) is 5.84 Å². The van der Waals surface area contributed by atoms with Crippen LogP contribution < -0.4 is 21.9 Å². The number of nitrogens with one attached hydrogen (secondary N) is 1. The summed E-state index contributed by atoms with van der Waals surface area (Å²) >= 11 is 0. The Kier molecular flexibility index (Phi) is 5.40. The van der Waals surface area contributed by atoms with Gasteiger partial charge in [-0.15, -0.1) is 0 Å². The summed E-state index contributed by atoms with van der Waals surface area (Å²) in [7, 11) is 3.72. The van der Waals surface area contributed by atoms with Gasteiger partial charge in [0.25, 0.3) is 0 Å². The molecule has 0 aliphatic heterocycles. The van der Waals surface area contributed by atoms with Crippen molar-refractivity contribution in [1.29, 1.82) is 0 Å². The van der Waals surface area contributed by atoms with E-state index < -0.39 is 0 Å². The van der Waals surface area contributed by atoms with Gasteiger partial charge in [0.2, 0.25) is 0 Å². The van der Waals surface area contributed by atoms with Crippen LogP contribution in [0.5, 0.6) is 0 Å². The molecule has 0 amide bonds. The Balaban J connectivity index is 0.000000921. The highest BCUT2D eigenvalue weighted by atomic mass is 15.3. The second-order valence-corrected chi connectivity index (χ2v) is 2.90. The largest absolute Gasteiger partial charge is 0.393 e. The molecular formula is C9H20N6. The van der Waals surface area contributed by atoms with Gasteiger partial charge in [0.1, 0.15) is 11.5 Å². The van der Waals surface area contributed by atoms with Gasteiger partial charge in [-0.1, -0.05) is 13.8 Å². The molecule has 1 aromatic heterocycles. The fourth-order valence-electron chi connectivity index (χ4n) is 1.02. The molecular weight excluding hydrogens is 192 g/mol. The molecule has 6 nitrogen and oxygen atoms in total. The van der Waals surface area contributed by atoms with Crippen LogP contribution in [0.25, 0.3) is 0 Å². The molecule has 6 heteroatoms. The van der Waals surface area contributed by atoms with E-state index in [1.54, 1.807) is 6.92 Å². The number of hydrogen-bond donors (Lipinski definition) is 3. The molecule has 86 valence electrons. The predicted octanol–water partition coefficient (Wildman–Crippen LogP) is 0.745. The summed E-state index contributed by atoms with van der Waals surface area (Å²) < 4.78 is 0. The van der Waals surface area contributed by atoms with Crippen LogP contribution in [0.3, 0.4) is 0 Å². The first kappa shape index (κ1) is 13.4. The van der Waals surface area contributed by atoms with Gasteiger partial charge in [0.05, 0.1) is 0 Å². The summed E-state index contributed by atoms with van der Waals surface area (Å²) in [6.45, 7) is 5.78. The smallest absolute Gasteiger partial charge is 0.169 e. The van der Waals surface area contributed by atoms with Crippen LogP contribution >= 0.6 is 0 Å². The Bertz CT molecular complexity index is 310. The zero-order valence-corrected chi connectivity index (χ0v) is 10.00. The van der Waals surface area contributed by atoms with E-state index in [0.29, 0.717) is 23.1 Å². The fourth-order valence-corrected chi connectivity index (χ4v) is 1.02. The highest BCUT2D eigenvalue weighted by molar-refractivity contribution is 5.74. The number of nitrogens with zero attached hydrogens (tertiary/aromatic N) is 3. The number of aromatic nitrogens is 2. The van der Waals surface area contributed by atoms with E-state index in [-0.39, 0.29) is 0 Å². The number of anilines is 3. The Morgan fingerprint density at radius 3 is 2.13 bits per heavy atom. The number of aryl methyl sites for hydroxylation is 1. The number of hydrazine groups is 1. The van der Waals surface area contributed by atoms with Crippen LogP contribution in [-0.4, -0.2) is 24.1 Å². The third-order valence-electron chi connectivity index (χ3n) is 1.60. The molecule has 0 aliphatic carbocycles. The molecule has 0 aromatic carbocycles. The second-order valence-electron chi connectivity index (χ2n) is 2.90. The van der Waals surface area contributed by atoms with E-state index in [1.807, 2.05) is 32.8 Å². The summed E-state index contributed by atoms with van der Waals surface area (Å²) in [6, 6.07) is 0. The van der Waals surface area contributed by atoms with Gasteiger partial charge in [-0.25, -0.2) is 15.8 Å². The van der Waals surface area contributed by atoms with E-state index in [4.69, 9.17) is 11.6 Å². The van der Waals surface area contributed by atoms with Crippen molar-refractivity contribution in [3.8, 4) is 0 Å². The first-order valence-corrected chi connectivity index (χ1v) is 4.84. The van der Waals surface area contributed by atoms with Crippen molar-refractivity contribution in [2.45, 2.75) is 20.8 Å². The van der Waals surface area contributed by atoms with Crippen LogP contribution in [0.15, 0.2) is 0 Å². The lowest BCUT2D eigenvalue weighted by Crippen LogP contribution is -2.18. The van der Waals surface area contributed by atoms with Crippen LogP contribution in [0.2, 0.25) is 0 Å². The average Bonchev–Trinajstić information content (AvgIpc) is 2.23. The molecule has 0 aliphatic rings. The Labute approximate surface area is 90.7 Å². The topological polar surface area (TPSA) is 93.1 Å². The van der Waals surface area contributed by atoms with E-state index in [1.165, 1.54) is 0 Å². The normalized spacial score (nSPS) is 8.93. The van der Waals surface area contributed by atoms with Crippen molar-refractivity contribution >= 4 is 17.3 Å². The minimum absolute atomic E-state index is 0.455. The van der Waals surface area contributed by atoms with Crippen molar-refractivity contribution < 1.29 is 0 Å². The van der Waals surface area contributed by atoms with Crippen molar-refractivity contribution in [3.05, 3.63) is 5.82 Å². The van der Waals surface area contributed by atoms with Crippen molar-refractivity contribution in [3.63, 3.8) is 0 Å². The van der Waals surface area contributed by atoms with Gasteiger partial charge in [0.15, 0.2) is 11.6 Å². The molecule has 0 radical (unpaired) electrons.